The number of phenols is 1. The van der Waals surface area contributed by atoms with E-state index in [1.165, 1.54) is 11.3 Å². The van der Waals surface area contributed by atoms with Crippen LogP contribution in [-0.2, 0) is 0 Å². The molecule has 3 heterocycles. The van der Waals surface area contributed by atoms with Gasteiger partial charge in [-0.3, -0.25) is 0 Å². The zero-order chi connectivity index (χ0) is 19.4. The Kier molecular flexibility index (Phi) is 4.09. The summed E-state index contributed by atoms with van der Waals surface area (Å²) in [7, 11) is 3.89. The van der Waals surface area contributed by atoms with Crippen LogP contribution in [0.3, 0.4) is 0 Å². The van der Waals surface area contributed by atoms with Crippen LogP contribution in [0.1, 0.15) is 6.42 Å². The summed E-state index contributed by atoms with van der Waals surface area (Å²) in [6.45, 7) is 0.919. The van der Waals surface area contributed by atoms with Gasteiger partial charge in [0.2, 0.25) is 5.13 Å². The fourth-order valence-electron chi connectivity index (χ4n) is 4.58. The lowest BCUT2D eigenvalue weighted by Crippen LogP contribution is -2.51. The van der Waals surface area contributed by atoms with Crippen LogP contribution in [0.5, 0.6) is 5.75 Å². The minimum absolute atomic E-state index is 0.00427. The standard InChI is InChI=1S/C19H21FN6OS/c1-24-9-11-7-14(24)16(20)17(11)25(2)19-23-22-18(28-19)13-4-3-12(8-15(13)27)26-6-5-21-10-26/h3-6,8,10-11,14,16-17,27H,7,9H2,1-2H3/t11?,14?,16-,17-/m1/s1. The fraction of sp³-hybridized carbons (Fsp3) is 0.421. The highest BCUT2D eigenvalue weighted by Crippen LogP contribution is 2.43. The number of nitrogens with zero attached hydrogens (tertiary/aromatic N) is 6. The number of anilines is 1. The molecular weight excluding hydrogens is 379 g/mol. The summed E-state index contributed by atoms with van der Waals surface area (Å²) in [6.07, 6.45) is 5.18. The van der Waals surface area contributed by atoms with Crippen LogP contribution in [0.25, 0.3) is 16.3 Å². The van der Waals surface area contributed by atoms with Crippen molar-refractivity contribution >= 4 is 16.5 Å². The van der Waals surface area contributed by atoms with Crippen LogP contribution >= 0.6 is 11.3 Å². The second kappa shape index (κ2) is 6.52. The first kappa shape index (κ1) is 17.6. The number of aromatic nitrogens is 4. The minimum atomic E-state index is -0.885. The third-order valence-electron chi connectivity index (χ3n) is 5.99. The second-order valence-electron chi connectivity index (χ2n) is 7.61. The van der Waals surface area contributed by atoms with Gasteiger partial charge in [0.1, 0.15) is 11.9 Å². The first-order chi connectivity index (χ1) is 13.5. The van der Waals surface area contributed by atoms with Gasteiger partial charge in [-0.25, -0.2) is 9.37 Å². The molecule has 5 rings (SSSR count). The lowest BCUT2D eigenvalue weighted by molar-refractivity contribution is 0.126. The Balaban J connectivity index is 1.39. The van der Waals surface area contributed by atoms with Gasteiger partial charge in [-0.05, 0) is 31.5 Å². The molecule has 28 heavy (non-hydrogen) atoms. The van der Waals surface area contributed by atoms with Gasteiger partial charge in [0.25, 0.3) is 0 Å². The van der Waals surface area contributed by atoms with E-state index in [1.807, 2.05) is 41.9 Å². The van der Waals surface area contributed by atoms with E-state index in [2.05, 4.69) is 20.1 Å². The van der Waals surface area contributed by atoms with Gasteiger partial charge in [0, 0.05) is 38.1 Å². The Hall–Kier alpha value is -2.52. The van der Waals surface area contributed by atoms with Crippen LogP contribution in [0, 0.1) is 5.92 Å². The number of hydrogen-bond donors (Lipinski definition) is 1. The predicted octanol–water partition coefficient (Wildman–Crippen LogP) is 2.57. The molecule has 7 nitrogen and oxygen atoms in total. The predicted molar refractivity (Wildman–Crippen MR) is 106 cm³/mol. The van der Waals surface area contributed by atoms with Crippen LogP contribution < -0.4 is 4.90 Å². The Morgan fingerprint density at radius 2 is 2.18 bits per heavy atom. The molecule has 4 atom stereocenters. The Morgan fingerprint density at radius 3 is 2.86 bits per heavy atom. The number of rotatable bonds is 4. The molecule has 9 heteroatoms. The third-order valence-corrected chi connectivity index (χ3v) is 7.03. The highest BCUT2D eigenvalue weighted by atomic mass is 32.1. The maximum Gasteiger partial charge on any atom is 0.208 e. The lowest BCUT2D eigenvalue weighted by Gasteiger charge is -2.36. The maximum absolute atomic E-state index is 14.9. The van der Waals surface area contributed by atoms with Gasteiger partial charge in [-0.15, -0.1) is 10.2 Å². The molecule has 1 aromatic carbocycles. The number of aromatic hydroxyl groups is 1. The molecule has 2 bridgehead atoms. The molecule has 0 spiro atoms. The molecule has 1 saturated heterocycles. The number of fused-ring (bicyclic) bond motifs is 2. The summed E-state index contributed by atoms with van der Waals surface area (Å²) in [5.74, 6) is 0.437. The molecule has 1 aliphatic heterocycles. The second-order valence-corrected chi connectivity index (χ2v) is 8.57. The molecular formula is C19H21FN6OS. The van der Waals surface area contributed by atoms with Crippen molar-refractivity contribution in [1.82, 2.24) is 24.6 Å². The first-order valence-corrected chi connectivity index (χ1v) is 10.1. The van der Waals surface area contributed by atoms with Gasteiger partial charge in [-0.1, -0.05) is 11.3 Å². The molecule has 0 amide bonds. The molecule has 2 aromatic heterocycles. The number of piperidine rings is 1. The average Bonchev–Trinajstić information content (AvgIpc) is 3.45. The number of halogens is 1. The lowest BCUT2D eigenvalue weighted by atomic mass is 10.0. The van der Waals surface area contributed by atoms with Crippen molar-refractivity contribution < 1.29 is 9.50 Å². The molecule has 2 unspecified atom stereocenters. The summed E-state index contributed by atoms with van der Waals surface area (Å²) in [5.41, 5.74) is 1.43. The van der Waals surface area contributed by atoms with Crippen LogP contribution in [0.2, 0.25) is 0 Å². The number of phenolic OH excluding ortho intramolecular Hbond substituents is 1. The van der Waals surface area contributed by atoms with E-state index in [-0.39, 0.29) is 17.8 Å². The average molecular weight is 400 g/mol. The van der Waals surface area contributed by atoms with Crippen molar-refractivity contribution in [2.45, 2.75) is 24.7 Å². The first-order valence-electron chi connectivity index (χ1n) is 9.25. The number of benzene rings is 1. The Labute approximate surface area is 166 Å². The van der Waals surface area contributed by atoms with Gasteiger partial charge >= 0.3 is 0 Å². The monoisotopic (exact) mass is 400 g/mol. The summed E-state index contributed by atoms with van der Waals surface area (Å²) in [5, 5.41) is 20.3. The quantitative estimate of drug-likeness (QED) is 0.726. The van der Waals surface area contributed by atoms with E-state index in [0.717, 1.165) is 18.7 Å². The van der Waals surface area contributed by atoms with E-state index >= 15 is 0 Å². The molecule has 146 valence electrons. The molecule has 3 aromatic rings. The summed E-state index contributed by atoms with van der Waals surface area (Å²) < 4.78 is 16.7. The van der Waals surface area contributed by atoms with Crippen LogP contribution in [0.4, 0.5) is 9.52 Å². The summed E-state index contributed by atoms with van der Waals surface area (Å²) in [4.78, 5) is 8.07. The molecule has 0 radical (unpaired) electrons. The van der Waals surface area contributed by atoms with Crippen molar-refractivity contribution in [1.29, 1.82) is 0 Å². The van der Waals surface area contributed by atoms with Crippen LogP contribution in [0.15, 0.2) is 36.9 Å². The van der Waals surface area contributed by atoms with Gasteiger partial charge in [-0.2, -0.15) is 0 Å². The van der Waals surface area contributed by atoms with Crippen molar-refractivity contribution in [3.05, 3.63) is 36.9 Å². The third kappa shape index (κ3) is 2.68. The van der Waals surface area contributed by atoms with Gasteiger partial charge in [0.15, 0.2) is 5.01 Å². The maximum atomic E-state index is 14.9. The normalized spacial score (nSPS) is 26.8. The smallest absolute Gasteiger partial charge is 0.208 e. The largest absolute Gasteiger partial charge is 0.507 e. The van der Waals surface area contributed by atoms with Gasteiger partial charge in [0.05, 0.1) is 23.6 Å². The Bertz CT molecular complexity index is 990. The molecule has 1 N–H and O–H groups in total. The van der Waals surface area contributed by atoms with Crippen molar-refractivity contribution in [2.75, 3.05) is 25.5 Å². The molecule has 1 aliphatic carbocycles. The number of hydrogen-bond acceptors (Lipinski definition) is 7. The van der Waals surface area contributed by atoms with E-state index in [9.17, 15) is 9.50 Å². The minimum Gasteiger partial charge on any atom is -0.507 e. The van der Waals surface area contributed by atoms with E-state index in [4.69, 9.17) is 0 Å². The van der Waals surface area contributed by atoms with Crippen molar-refractivity contribution in [3.8, 4) is 22.0 Å². The number of imidazole rings is 1. The fourth-order valence-corrected chi connectivity index (χ4v) is 5.46. The number of likely N-dealkylation sites (tertiary alicyclic amines) is 1. The highest BCUT2D eigenvalue weighted by molar-refractivity contribution is 7.18. The molecule has 2 fully saturated rings. The zero-order valence-electron chi connectivity index (χ0n) is 15.6. The molecule has 2 aliphatic rings. The Morgan fingerprint density at radius 1 is 1.32 bits per heavy atom. The zero-order valence-corrected chi connectivity index (χ0v) is 16.4. The summed E-state index contributed by atoms with van der Waals surface area (Å²) >= 11 is 1.37. The van der Waals surface area contributed by atoms with Crippen molar-refractivity contribution in [2.24, 2.45) is 5.92 Å². The summed E-state index contributed by atoms with van der Waals surface area (Å²) in [6, 6.07) is 5.22. The van der Waals surface area contributed by atoms with Crippen molar-refractivity contribution in [3.63, 3.8) is 0 Å². The van der Waals surface area contributed by atoms with Gasteiger partial charge < -0.3 is 19.5 Å². The SMILES string of the molecule is CN1CC2CC1[C@@H](F)[C@@H]2N(C)c1nnc(-c2ccc(-n3ccnc3)cc2O)s1. The van der Waals surface area contributed by atoms with E-state index < -0.39 is 6.17 Å². The molecule has 1 saturated carbocycles. The highest BCUT2D eigenvalue weighted by Gasteiger charge is 2.53. The van der Waals surface area contributed by atoms with E-state index in [0.29, 0.717) is 21.6 Å². The number of alkyl halides is 1. The van der Waals surface area contributed by atoms with E-state index in [1.54, 1.807) is 18.6 Å². The van der Waals surface area contributed by atoms with Crippen LogP contribution in [-0.4, -0.2) is 68.7 Å². The topological polar surface area (TPSA) is 70.3 Å².